The summed E-state index contributed by atoms with van der Waals surface area (Å²) in [5.41, 5.74) is -3.55. The van der Waals surface area contributed by atoms with E-state index in [1.165, 1.54) is 92.4 Å². The van der Waals surface area contributed by atoms with Crippen LogP contribution in [0.2, 0.25) is 0 Å². The molecule has 0 spiro atoms. The Kier molecular flexibility index (Phi) is 19.3. The molecule has 8 aromatic rings. The van der Waals surface area contributed by atoms with Crippen molar-refractivity contribution in [1.29, 1.82) is 5.26 Å². The summed E-state index contributed by atoms with van der Waals surface area (Å²) >= 11 is 0. The number of carbonyl (C=O) groups is 4. The average molecular weight is 1490 g/mol. The van der Waals surface area contributed by atoms with Gasteiger partial charge in [0.15, 0.2) is 0 Å². The molecule has 2 saturated carbocycles. The molecule has 2 aromatic carbocycles. The van der Waals surface area contributed by atoms with E-state index in [-0.39, 0.29) is 116 Å². The normalized spacial score (nSPS) is 18.2. The third kappa shape index (κ3) is 15.2. The number of hydrogen-bond acceptors (Lipinski definition) is 20. The Morgan fingerprint density at radius 3 is 1.48 bits per heavy atom. The van der Waals surface area contributed by atoms with Crippen LogP contribution in [0.25, 0.3) is 0 Å². The molecular formula is C70H72F9N19O9. The summed E-state index contributed by atoms with van der Waals surface area (Å²) < 4.78 is 157. The average Bonchev–Trinajstić information content (AvgIpc) is 1.75. The van der Waals surface area contributed by atoms with Crippen LogP contribution in [0, 0.1) is 11.3 Å². The number of rotatable bonds is 17. The van der Waals surface area contributed by atoms with Crippen LogP contribution >= 0.6 is 0 Å². The summed E-state index contributed by atoms with van der Waals surface area (Å²) in [6.07, 6.45) is -8.70. The van der Waals surface area contributed by atoms with Gasteiger partial charge >= 0.3 is 42.7 Å². The summed E-state index contributed by atoms with van der Waals surface area (Å²) in [5.74, 6) is -0.671. The molecule has 0 bridgehead atoms. The summed E-state index contributed by atoms with van der Waals surface area (Å²) in [5, 5.41) is 49.0. The van der Waals surface area contributed by atoms with Gasteiger partial charge in [0.05, 0.1) is 79.8 Å². The Bertz CT molecular complexity index is 4680. The van der Waals surface area contributed by atoms with Gasteiger partial charge in [0, 0.05) is 106 Å². The van der Waals surface area contributed by atoms with Gasteiger partial charge in [-0.15, -0.1) is 0 Å². The zero-order chi connectivity index (χ0) is 75.5. The van der Waals surface area contributed by atoms with Gasteiger partial charge in [-0.3, -0.25) is 41.3 Å². The predicted octanol–water partition coefficient (Wildman–Crippen LogP) is 15.0. The second-order valence-corrected chi connectivity index (χ2v) is 28.1. The molecular weight excluding hydrogens is 1420 g/mol. The monoisotopic (exact) mass is 1490 g/mol. The van der Waals surface area contributed by atoms with Crippen LogP contribution in [-0.4, -0.2) is 134 Å². The van der Waals surface area contributed by atoms with Crippen molar-refractivity contribution >= 4 is 70.7 Å². The highest BCUT2D eigenvalue weighted by molar-refractivity contribution is 5.91. The van der Waals surface area contributed by atoms with Gasteiger partial charge in [-0.25, -0.2) is 49.2 Å². The molecule has 2 aliphatic carbocycles. The highest BCUT2D eigenvalue weighted by Crippen LogP contribution is 2.47. The van der Waals surface area contributed by atoms with Crippen LogP contribution in [0.4, 0.5) is 105 Å². The highest BCUT2D eigenvalue weighted by Gasteiger charge is 2.45. The van der Waals surface area contributed by atoms with Crippen LogP contribution in [0.15, 0.2) is 109 Å². The molecule has 4 N–H and O–H groups in total. The largest absolute Gasteiger partial charge is 0.491 e. The minimum Gasteiger partial charge on any atom is -0.491 e. The molecule has 6 aliphatic rings. The van der Waals surface area contributed by atoms with E-state index in [2.05, 4.69) is 57.9 Å². The van der Waals surface area contributed by atoms with Crippen LogP contribution in [0.1, 0.15) is 166 Å². The molecule has 107 heavy (non-hydrogen) atoms. The number of nitrogens with one attached hydrogen (secondary N) is 4. The van der Waals surface area contributed by atoms with Crippen LogP contribution < -0.4 is 46.0 Å². The molecule has 14 rings (SSSR count). The minimum absolute atomic E-state index is 0.000534. The number of carbonyl (C=O) groups excluding carboxylic acids is 4. The summed E-state index contributed by atoms with van der Waals surface area (Å²) in [7, 11) is 0. The topological polar surface area (TPSA) is 305 Å². The summed E-state index contributed by atoms with van der Waals surface area (Å²) in [4.78, 5) is 64.4. The van der Waals surface area contributed by atoms with E-state index in [0.717, 1.165) is 42.8 Å². The number of benzene rings is 2. The summed E-state index contributed by atoms with van der Waals surface area (Å²) in [6.45, 7) is 8.51. The lowest BCUT2D eigenvalue weighted by Gasteiger charge is -2.32. The van der Waals surface area contributed by atoms with Crippen molar-refractivity contribution in [3.8, 4) is 11.8 Å². The van der Waals surface area contributed by atoms with Gasteiger partial charge in [0.1, 0.15) is 23.5 Å². The van der Waals surface area contributed by atoms with Gasteiger partial charge in [0.2, 0.25) is 23.5 Å². The molecule has 6 fully saturated rings. The van der Waals surface area contributed by atoms with Crippen molar-refractivity contribution in [3.63, 3.8) is 0 Å². The van der Waals surface area contributed by atoms with E-state index in [9.17, 15) is 64.0 Å². The zero-order valence-electron chi connectivity index (χ0n) is 58.1. The molecule has 8 amide bonds. The first-order valence-electron chi connectivity index (χ1n) is 34.8. The maximum atomic E-state index is 14.9. The van der Waals surface area contributed by atoms with Crippen molar-refractivity contribution in [3.05, 3.63) is 147 Å². The van der Waals surface area contributed by atoms with E-state index >= 15 is 0 Å². The van der Waals surface area contributed by atoms with E-state index < -0.39 is 87.7 Å². The number of hydrogen-bond donors (Lipinski definition) is 4. The van der Waals surface area contributed by atoms with Crippen LogP contribution in [0.5, 0.6) is 5.75 Å². The number of aromatic nitrogens is 6. The Balaban J connectivity index is 0.594. The quantitative estimate of drug-likeness (QED) is 0.0616. The van der Waals surface area contributed by atoms with Crippen molar-refractivity contribution in [2.75, 3.05) is 100 Å². The number of anilines is 8. The van der Waals surface area contributed by atoms with Gasteiger partial charge in [-0.2, -0.15) is 44.8 Å². The Morgan fingerprint density at radius 1 is 0.486 bits per heavy atom. The molecule has 4 aliphatic heterocycles. The van der Waals surface area contributed by atoms with Crippen molar-refractivity contribution in [2.45, 2.75) is 139 Å². The number of nitrogens with zero attached hydrogens (tertiary/aromatic N) is 15. The van der Waals surface area contributed by atoms with Gasteiger partial charge in [-0.1, -0.05) is 40.9 Å². The molecule has 6 aromatic heterocycles. The maximum absolute atomic E-state index is 14.9. The lowest BCUT2D eigenvalue weighted by Crippen LogP contribution is -2.44. The SMILES string of the molecule is CC(C)(COc1cc(N2CCCN2C(=O)Nc2cc(C(C)(C)c3nc(N4CCCN4C(=O)Nc4cc(C5CC5)no4)ccc3C(F)(F)F)no2)ccc1C#N)c1cc(NC(=O)N2CCCN2c2ccc(C(F)(F)F)c(C3CCCC(c4cc(NC(=O)N5CCCN5c5ccc(C(F)(F)F)cc5)on4)C3)n2)on1. The highest BCUT2D eigenvalue weighted by atomic mass is 19.4. The number of halogens is 9. The molecule has 0 radical (unpaired) electrons. The summed E-state index contributed by atoms with van der Waals surface area (Å²) in [6, 6.07) is 18.9. The van der Waals surface area contributed by atoms with Gasteiger partial charge in [-0.05, 0) is 132 Å². The lowest BCUT2D eigenvalue weighted by molar-refractivity contribution is -0.139. The fourth-order valence-corrected chi connectivity index (χ4v) is 14.0. The smallest absolute Gasteiger partial charge is 0.418 e. The van der Waals surface area contributed by atoms with E-state index in [1.54, 1.807) is 42.1 Å². The zero-order valence-corrected chi connectivity index (χ0v) is 58.1. The van der Waals surface area contributed by atoms with E-state index in [1.807, 2.05) is 0 Å². The standard InChI is InChI=1S/C70H72F9N19O9/c1-66(2,39-103-51-33-46(17-14-43(51)38-80)92-25-7-29-96(92)63(100)86-59-37-53(90-107-59)67(3,4)61-48(70(77,78)79)21-23-55(82-61)94-27-9-31-98(94)64(101)84-56-34-49(87-104-56)40-12-13-40)52-36-58(106-89-52)85-65(102)97-30-8-26-93(97)54-22-20-47(69(74,75)76)60(81-54)42-11-5-10-41(32-42)50-35-57(105-88-50)83-62(99)95-28-6-24-91(95)45-18-15-44(16-19-45)68(71,72)73/h14-23,33-37,40-42H,5-13,24-32,39H2,1-4H3,(H,83,99)(H,84,101)(H,85,102)(H,86,100). The van der Waals surface area contributed by atoms with Gasteiger partial charge < -0.3 is 22.8 Å². The first kappa shape index (κ1) is 72.5. The van der Waals surface area contributed by atoms with E-state index in [4.69, 9.17) is 22.8 Å². The number of ether oxygens (including phenoxy) is 1. The fraction of sp³-hybridized carbons (Fsp3) is 0.443. The minimum atomic E-state index is -4.86. The number of urea groups is 4. The van der Waals surface area contributed by atoms with Crippen molar-refractivity contribution in [2.24, 2.45) is 0 Å². The first-order valence-corrected chi connectivity index (χ1v) is 34.8. The number of alkyl halides is 9. The fourth-order valence-electron chi connectivity index (χ4n) is 14.0. The second kappa shape index (κ2) is 28.4. The first-order chi connectivity index (χ1) is 51.0. The molecule has 4 saturated heterocycles. The predicted molar refractivity (Wildman–Crippen MR) is 364 cm³/mol. The van der Waals surface area contributed by atoms with Crippen molar-refractivity contribution < 1.29 is 81.5 Å². The van der Waals surface area contributed by atoms with Crippen LogP contribution in [0.3, 0.4) is 0 Å². The maximum Gasteiger partial charge on any atom is 0.418 e. The number of hydrazine groups is 4. The number of amides is 8. The number of pyridine rings is 2. The molecule has 2 unspecified atom stereocenters. The lowest BCUT2D eigenvalue weighted by atomic mass is 9.77. The third-order valence-corrected chi connectivity index (χ3v) is 19.9. The Labute approximate surface area is 604 Å². The molecule has 28 nitrogen and oxygen atoms in total. The second-order valence-electron chi connectivity index (χ2n) is 28.1. The van der Waals surface area contributed by atoms with Crippen LogP contribution in [-0.2, 0) is 29.4 Å². The van der Waals surface area contributed by atoms with Crippen molar-refractivity contribution in [1.82, 2.24) is 50.6 Å². The Hall–Kier alpha value is -11.5. The molecule has 2 atom stereocenters. The molecule has 37 heteroatoms. The third-order valence-electron chi connectivity index (χ3n) is 19.9. The molecule has 10 heterocycles. The number of nitriles is 1. The Morgan fingerprint density at radius 2 is 0.944 bits per heavy atom. The van der Waals surface area contributed by atoms with Gasteiger partial charge in [0.25, 0.3) is 0 Å². The van der Waals surface area contributed by atoms with E-state index in [0.29, 0.717) is 80.8 Å². The molecule has 564 valence electrons.